The minimum absolute atomic E-state index is 0. The van der Waals surface area contributed by atoms with Crippen LogP contribution in [0.5, 0.6) is 0 Å². The number of hydrogen-bond acceptors (Lipinski definition) is 0. The summed E-state index contributed by atoms with van der Waals surface area (Å²) in [6.45, 7) is 11.1. The van der Waals surface area contributed by atoms with E-state index in [4.69, 9.17) is 63.1 Å². The molecular formula is C100H120F5S5. The number of rotatable bonds is 15. The van der Waals surface area contributed by atoms with E-state index >= 15 is 0 Å². The van der Waals surface area contributed by atoms with Crippen LogP contribution >= 0.6 is 63.1 Å². The minimum atomic E-state index is 0. The van der Waals surface area contributed by atoms with Crippen molar-refractivity contribution in [2.75, 3.05) is 0 Å². The first-order valence-electron chi connectivity index (χ1n) is 40.6. The highest BCUT2D eigenvalue weighted by Crippen LogP contribution is 2.46. The molecule has 0 unspecified atom stereocenters. The van der Waals surface area contributed by atoms with Crippen LogP contribution in [0.25, 0.3) is 0 Å². The Labute approximate surface area is 686 Å². The molecule has 0 bridgehead atoms. The van der Waals surface area contributed by atoms with Crippen LogP contribution in [-0.2, 0) is 32.1 Å². The average molecular weight is 1580 g/mol. The first-order valence-corrected chi connectivity index (χ1v) is 42.6. The molecule has 0 N–H and O–H groups in total. The van der Waals surface area contributed by atoms with Crippen LogP contribution in [0.2, 0.25) is 0 Å². The summed E-state index contributed by atoms with van der Waals surface area (Å²) in [6.07, 6.45) is 31.8. The van der Waals surface area contributed by atoms with Gasteiger partial charge in [-0.25, -0.2) is 0 Å². The van der Waals surface area contributed by atoms with Crippen molar-refractivity contribution in [2.45, 2.75) is 279 Å². The maximum Gasteiger partial charge on any atom is 0.0377 e. The van der Waals surface area contributed by atoms with Gasteiger partial charge in [0.25, 0.3) is 0 Å². The predicted octanol–water partition coefficient (Wildman–Crippen LogP) is 32.0. The average Bonchev–Trinajstić information content (AvgIpc) is 0.854. The Balaban J connectivity index is 0.000000212. The molecule has 0 nitrogen and oxygen atoms in total. The summed E-state index contributed by atoms with van der Waals surface area (Å²) in [5, 5.41) is 0. The molecule has 10 aromatic carbocycles. The maximum absolute atomic E-state index is 5.18. The van der Waals surface area contributed by atoms with Crippen molar-refractivity contribution in [3.8, 4) is 0 Å². The summed E-state index contributed by atoms with van der Waals surface area (Å²) in [5.74, 6) is 7.42. The van der Waals surface area contributed by atoms with Crippen LogP contribution in [0.15, 0.2) is 267 Å². The topological polar surface area (TPSA) is 0 Å². The lowest BCUT2D eigenvalue weighted by Crippen LogP contribution is -2.12. The van der Waals surface area contributed by atoms with Crippen molar-refractivity contribution in [3.63, 3.8) is 0 Å². The van der Waals surface area contributed by atoms with Gasteiger partial charge in [0.15, 0.2) is 0 Å². The first kappa shape index (κ1) is 91.8. The van der Waals surface area contributed by atoms with Crippen LogP contribution in [0, 0.1) is 0 Å². The van der Waals surface area contributed by atoms with Gasteiger partial charge in [0.05, 0.1) is 0 Å². The van der Waals surface area contributed by atoms with Crippen LogP contribution in [0.4, 0.5) is 23.5 Å². The zero-order chi connectivity index (χ0) is 73.3. The largest absolute Gasteiger partial charge is 0.269 e. The minimum Gasteiger partial charge on any atom is -0.269 e. The lowest BCUT2D eigenvalue weighted by atomic mass is 9.76. The van der Waals surface area contributed by atoms with Gasteiger partial charge in [0.1, 0.15) is 0 Å². The molecule has 5 aliphatic carbocycles. The van der Waals surface area contributed by atoms with Gasteiger partial charge >= 0.3 is 0 Å². The highest BCUT2D eigenvalue weighted by molar-refractivity contribution is 7.81. The molecule has 0 aliphatic heterocycles. The van der Waals surface area contributed by atoms with E-state index in [0.29, 0.717) is 0 Å². The zero-order valence-corrected chi connectivity index (χ0v) is 69.7. The van der Waals surface area contributed by atoms with Gasteiger partial charge < -0.3 is 0 Å². The molecule has 0 atom stereocenters. The van der Waals surface area contributed by atoms with Crippen LogP contribution in [-0.4, -0.2) is 0 Å². The van der Waals surface area contributed by atoms with E-state index in [1.807, 2.05) is 0 Å². The molecule has 0 saturated heterocycles. The third-order valence-corrected chi connectivity index (χ3v) is 26.1. The third-order valence-electron chi connectivity index (χ3n) is 24.7. The Morgan fingerprint density at radius 2 is 0.236 bits per heavy atom. The van der Waals surface area contributed by atoms with E-state index in [1.165, 1.54) is 212 Å². The molecule has 0 heterocycles. The second-order valence-corrected chi connectivity index (χ2v) is 33.4. The highest BCUT2D eigenvalue weighted by atomic mass is 32.1. The zero-order valence-electron chi connectivity index (χ0n) is 65.6. The lowest BCUT2D eigenvalue weighted by Gasteiger charge is -2.29. The normalized spacial score (nSPS) is 21.1. The fourth-order valence-corrected chi connectivity index (χ4v) is 18.3. The summed E-state index contributed by atoms with van der Waals surface area (Å²) in [6, 6.07) is 89.3. The molecule has 15 rings (SSSR count). The third kappa shape index (κ3) is 27.1. The molecule has 5 fully saturated rings. The van der Waals surface area contributed by atoms with E-state index in [9.17, 15) is 0 Å². The molecule has 5 radical (unpaired) electrons. The van der Waals surface area contributed by atoms with E-state index in [-0.39, 0.29) is 23.5 Å². The van der Waals surface area contributed by atoms with Crippen molar-refractivity contribution in [2.24, 2.45) is 0 Å². The molecular weight excluding hydrogens is 1460 g/mol. The fourth-order valence-electron chi connectivity index (χ4n) is 17.6. The Bertz CT molecular complexity index is 3460. The van der Waals surface area contributed by atoms with Crippen molar-refractivity contribution in [1.82, 2.24) is 0 Å². The van der Waals surface area contributed by atoms with Crippen molar-refractivity contribution >= 4 is 63.1 Å². The number of hydrogen-bond donors (Lipinski definition) is 0. The molecule has 0 aromatic heterocycles. The molecule has 10 heteroatoms. The van der Waals surface area contributed by atoms with E-state index in [0.717, 1.165) is 116 Å². The summed E-state index contributed by atoms with van der Waals surface area (Å²) in [7, 11) is 0. The molecule has 0 amide bonds. The molecule has 110 heavy (non-hydrogen) atoms. The smallest absolute Gasteiger partial charge is 0.0377 e. The van der Waals surface area contributed by atoms with Crippen LogP contribution in [0.3, 0.4) is 0 Å². The Morgan fingerprint density at radius 3 is 0.318 bits per heavy atom. The number of halogens is 5. The maximum atomic E-state index is 5.18. The Kier molecular flexibility index (Phi) is 39.6. The molecule has 5 saturated carbocycles. The molecule has 5 aliphatic rings. The monoisotopic (exact) mass is 1580 g/mol. The van der Waals surface area contributed by atoms with Crippen LogP contribution < -0.4 is 0 Å². The summed E-state index contributed by atoms with van der Waals surface area (Å²) < 4.78 is 0. The van der Waals surface area contributed by atoms with Gasteiger partial charge in [0.2, 0.25) is 0 Å². The van der Waals surface area contributed by atoms with Crippen molar-refractivity contribution in [1.29, 1.82) is 0 Å². The van der Waals surface area contributed by atoms with Crippen molar-refractivity contribution < 1.29 is 23.5 Å². The van der Waals surface area contributed by atoms with E-state index < -0.39 is 0 Å². The molecule has 0 spiro atoms. The van der Waals surface area contributed by atoms with E-state index in [1.54, 1.807) is 0 Å². The quantitative estimate of drug-likeness (QED) is 0.0898. The fraction of sp³-hybridized carbons (Fsp3) is 0.400. The van der Waals surface area contributed by atoms with Gasteiger partial charge in [0, 0.05) is 24.5 Å². The number of benzene rings is 10. The van der Waals surface area contributed by atoms with Gasteiger partial charge in [-0.15, -0.1) is 0 Å². The predicted molar refractivity (Wildman–Crippen MR) is 473 cm³/mol. The van der Waals surface area contributed by atoms with Gasteiger partial charge in [-0.05, 0) is 364 Å². The SMILES string of the molecule is CCc1ccc([C@H]2CC[C@H](c3ccc([S])cc3)CC2)cc1.CCc1ccc([C@H]2CC[C@H](c3ccc([S])cc3)CC2)cc1.CCc1ccc([C@H]2CC[C@H](c3ccc([S])cc3)CC2)cc1.CCc1ccc([C@H]2CC[C@H](c3ccc([S])cc3)CC2)cc1.CCc1ccc([C@H]2CC[C@H](c3ccc([S])cc3)CC2)cc1.F.F.F.F.F. The molecule has 10 aromatic rings. The van der Waals surface area contributed by atoms with Gasteiger partial charge in [-0.1, -0.05) is 280 Å². The number of aryl methyl sites for hydroxylation is 5. The lowest BCUT2D eigenvalue weighted by molar-refractivity contribution is 0.396. The highest BCUT2D eigenvalue weighted by Gasteiger charge is 2.28. The second kappa shape index (κ2) is 47.5. The Morgan fingerprint density at radius 1 is 0.155 bits per heavy atom. The van der Waals surface area contributed by atoms with Crippen molar-refractivity contribution in [3.05, 3.63) is 326 Å². The summed E-state index contributed by atoms with van der Waals surface area (Å²) in [4.78, 5) is 4.74. The summed E-state index contributed by atoms with van der Waals surface area (Å²) >= 11 is 25.9. The first-order chi connectivity index (χ1) is 51.3. The molecule has 585 valence electrons. The standard InChI is InChI=1S/5C20H23S.5FH/c5*1-2-15-3-5-16(6-4-15)17-7-9-18(10-8-17)19-11-13-20(21)14-12-19;;;;;/h5*3-6,11-14,17-18H,2,7-10H2,1H3;5*1H/t5*17-,18-;;;;;. The van der Waals surface area contributed by atoms with E-state index in [2.05, 4.69) is 277 Å². The Hall–Kier alpha value is -7.05. The second-order valence-electron chi connectivity index (χ2n) is 31.1. The van der Waals surface area contributed by atoms with Crippen LogP contribution in [0.1, 0.15) is 306 Å². The van der Waals surface area contributed by atoms with Gasteiger partial charge in [-0.2, -0.15) is 0 Å². The summed E-state index contributed by atoms with van der Waals surface area (Å²) in [5.41, 5.74) is 22.3. The van der Waals surface area contributed by atoms with Gasteiger partial charge in [-0.3, -0.25) is 23.5 Å².